The molecule has 15 heavy (non-hydrogen) atoms. The van der Waals surface area contributed by atoms with Crippen molar-refractivity contribution in [3.63, 3.8) is 0 Å². The van der Waals surface area contributed by atoms with Crippen molar-refractivity contribution in [2.24, 2.45) is 22.8 Å². The Balaban J connectivity index is 1.98. The molecule has 2 aliphatic rings. The first-order valence-corrected chi connectivity index (χ1v) is 5.73. The molecule has 0 spiro atoms. The second-order valence-electron chi connectivity index (χ2n) is 4.97. The number of carbonyl (C=O) groups excluding carboxylic acids is 1. The van der Waals surface area contributed by atoms with Gasteiger partial charge in [0.15, 0.2) is 0 Å². The summed E-state index contributed by atoms with van der Waals surface area (Å²) in [4.78, 5) is 11.7. The van der Waals surface area contributed by atoms with E-state index in [0.29, 0.717) is 31.4 Å². The average Bonchev–Trinajstić information content (AvgIpc) is 3.06. The standard InChI is InChI=1S/C11H20N2O2/c12-6-11(7-13)2-1-10(14)8(4-11)3-9-5-15-9/h8-9H,1-7,12-13H2. The Hall–Kier alpha value is -0.450. The molecule has 0 bridgehead atoms. The first-order valence-electron chi connectivity index (χ1n) is 5.73. The fourth-order valence-corrected chi connectivity index (χ4v) is 2.52. The first kappa shape index (κ1) is 11.0. The first-order chi connectivity index (χ1) is 7.19. The summed E-state index contributed by atoms with van der Waals surface area (Å²) in [5.41, 5.74) is 11.6. The molecule has 2 unspecified atom stereocenters. The van der Waals surface area contributed by atoms with Gasteiger partial charge in [-0.3, -0.25) is 4.79 Å². The number of hydrogen-bond donors (Lipinski definition) is 2. The van der Waals surface area contributed by atoms with E-state index in [9.17, 15) is 4.79 Å². The molecule has 0 aromatic heterocycles. The summed E-state index contributed by atoms with van der Waals surface area (Å²) in [6.07, 6.45) is 3.57. The number of ether oxygens (including phenoxy) is 1. The third kappa shape index (κ3) is 2.38. The highest BCUT2D eigenvalue weighted by molar-refractivity contribution is 5.82. The number of epoxide rings is 1. The van der Waals surface area contributed by atoms with Crippen molar-refractivity contribution in [3.8, 4) is 0 Å². The maximum atomic E-state index is 11.7. The largest absolute Gasteiger partial charge is 0.373 e. The maximum Gasteiger partial charge on any atom is 0.136 e. The summed E-state index contributed by atoms with van der Waals surface area (Å²) in [6, 6.07) is 0. The van der Waals surface area contributed by atoms with E-state index in [1.165, 1.54) is 0 Å². The van der Waals surface area contributed by atoms with Crippen molar-refractivity contribution in [3.05, 3.63) is 0 Å². The molecular weight excluding hydrogens is 192 g/mol. The van der Waals surface area contributed by atoms with Crippen molar-refractivity contribution < 1.29 is 9.53 Å². The lowest BCUT2D eigenvalue weighted by molar-refractivity contribution is -0.127. The zero-order valence-electron chi connectivity index (χ0n) is 9.08. The van der Waals surface area contributed by atoms with Crippen LogP contribution in [0, 0.1) is 11.3 Å². The second kappa shape index (κ2) is 4.20. The van der Waals surface area contributed by atoms with Gasteiger partial charge < -0.3 is 16.2 Å². The molecular formula is C11H20N2O2. The Morgan fingerprint density at radius 1 is 1.40 bits per heavy atom. The van der Waals surface area contributed by atoms with E-state index in [1.54, 1.807) is 0 Å². The van der Waals surface area contributed by atoms with Crippen LogP contribution in [0.1, 0.15) is 25.7 Å². The third-order valence-electron chi connectivity index (χ3n) is 3.85. The Bertz CT molecular complexity index is 247. The summed E-state index contributed by atoms with van der Waals surface area (Å²) in [6.45, 7) is 2.01. The molecule has 1 aliphatic heterocycles. The highest BCUT2D eigenvalue weighted by Crippen LogP contribution is 2.39. The Morgan fingerprint density at radius 3 is 2.60 bits per heavy atom. The SMILES string of the molecule is NCC1(CN)CCC(=O)C(CC2CO2)C1. The molecule has 0 amide bonds. The zero-order valence-corrected chi connectivity index (χ0v) is 9.08. The molecule has 2 rings (SSSR count). The number of rotatable bonds is 4. The van der Waals surface area contributed by atoms with Gasteiger partial charge in [0.05, 0.1) is 12.7 Å². The Morgan fingerprint density at radius 2 is 2.07 bits per heavy atom. The Kier molecular flexibility index (Phi) is 3.09. The monoisotopic (exact) mass is 212 g/mol. The van der Waals surface area contributed by atoms with E-state index >= 15 is 0 Å². The minimum absolute atomic E-state index is 0.00741. The molecule has 1 aliphatic carbocycles. The molecule has 1 saturated heterocycles. The van der Waals surface area contributed by atoms with Gasteiger partial charge in [-0.1, -0.05) is 0 Å². The van der Waals surface area contributed by atoms with Crippen molar-refractivity contribution in [2.45, 2.75) is 31.8 Å². The number of hydrogen-bond acceptors (Lipinski definition) is 4. The van der Waals surface area contributed by atoms with Gasteiger partial charge in [-0.2, -0.15) is 0 Å². The highest BCUT2D eigenvalue weighted by Gasteiger charge is 2.40. The van der Waals surface area contributed by atoms with Crippen LogP contribution in [-0.2, 0) is 9.53 Å². The topological polar surface area (TPSA) is 81.6 Å². The van der Waals surface area contributed by atoms with Crippen molar-refractivity contribution in [1.82, 2.24) is 0 Å². The van der Waals surface area contributed by atoms with Crippen LogP contribution in [0.5, 0.6) is 0 Å². The number of carbonyl (C=O) groups is 1. The quantitative estimate of drug-likeness (QED) is 0.645. The molecule has 0 aromatic carbocycles. The van der Waals surface area contributed by atoms with E-state index in [1.807, 2.05) is 0 Å². The van der Waals surface area contributed by atoms with Crippen LogP contribution in [0.15, 0.2) is 0 Å². The van der Waals surface area contributed by atoms with E-state index in [2.05, 4.69) is 0 Å². The van der Waals surface area contributed by atoms with Crippen LogP contribution in [0.4, 0.5) is 0 Å². The lowest BCUT2D eigenvalue weighted by Gasteiger charge is -2.38. The fraction of sp³-hybridized carbons (Fsp3) is 0.909. The van der Waals surface area contributed by atoms with Crippen LogP contribution in [0.25, 0.3) is 0 Å². The van der Waals surface area contributed by atoms with Crippen LogP contribution >= 0.6 is 0 Å². The number of ketones is 1. The molecule has 0 aromatic rings. The van der Waals surface area contributed by atoms with E-state index < -0.39 is 0 Å². The zero-order chi connectivity index (χ0) is 10.9. The van der Waals surface area contributed by atoms with Crippen molar-refractivity contribution in [1.29, 1.82) is 0 Å². The molecule has 0 radical (unpaired) electrons. The van der Waals surface area contributed by atoms with Gasteiger partial charge in [-0.25, -0.2) is 0 Å². The smallest absolute Gasteiger partial charge is 0.136 e. The molecule has 1 heterocycles. The van der Waals surface area contributed by atoms with Gasteiger partial charge >= 0.3 is 0 Å². The number of Topliss-reactive ketones (excluding diaryl/α,β-unsaturated/α-hetero) is 1. The Labute approximate surface area is 90.3 Å². The molecule has 4 N–H and O–H groups in total. The predicted molar refractivity (Wildman–Crippen MR) is 57.2 cm³/mol. The average molecular weight is 212 g/mol. The summed E-state index contributed by atoms with van der Waals surface area (Å²) in [5.74, 6) is 0.515. The molecule has 1 saturated carbocycles. The minimum Gasteiger partial charge on any atom is -0.373 e. The lowest BCUT2D eigenvalue weighted by atomic mass is 9.68. The van der Waals surface area contributed by atoms with Gasteiger partial charge in [0.1, 0.15) is 5.78 Å². The highest BCUT2D eigenvalue weighted by atomic mass is 16.6. The van der Waals surface area contributed by atoms with Crippen molar-refractivity contribution in [2.75, 3.05) is 19.7 Å². The lowest BCUT2D eigenvalue weighted by Crippen LogP contribution is -2.44. The minimum atomic E-state index is 0.00741. The predicted octanol–water partition coefficient (Wildman–Crippen LogP) is 0.0483. The van der Waals surface area contributed by atoms with Crippen LogP contribution in [0.2, 0.25) is 0 Å². The van der Waals surface area contributed by atoms with Gasteiger partial charge in [0, 0.05) is 12.3 Å². The molecule has 4 nitrogen and oxygen atoms in total. The normalized spacial score (nSPS) is 34.1. The van der Waals surface area contributed by atoms with Crippen LogP contribution in [0.3, 0.4) is 0 Å². The summed E-state index contributed by atoms with van der Waals surface area (Å²) in [5, 5.41) is 0. The molecule has 2 fully saturated rings. The molecule has 4 heteroatoms. The molecule has 86 valence electrons. The van der Waals surface area contributed by atoms with E-state index in [0.717, 1.165) is 25.9 Å². The summed E-state index contributed by atoms with van der Waals surface area (Å²) in [7, 11) is 0. The second-order valence-corrected chi connectivity index (χ2v) is 4.97. The van der Waals surface area contributed by atoms with E-state index in [4.69, 9.17) is 16.2 Å². The maximum absolute atomic E-state index is 11.7. The third-order valence-corrected chi connectivity index (χ3v) is 3.85. The van der Waals surface area contributed by atoms with Gasteiger partial charge in [0.25, 0.3) is 0 Å². The van der Waals surface area contributed by atoms with Gasteiger partial charge in [-0.05, 0) is 37.8 Å². The van der Waals surface area contributed by atoms with Gasteiger partial charge in [0.2, 0.25) is 0 Å². The summed E-state index contributed by atoms with van der Waals surface area (Å²) < 4.78 is 5.18. The molecule has 2 atom stereocenters. The van der Waals surface area contributed by atoms with E-state index in [-0.39, 0.29) is 11.3 Å². The summed E-state index contributed by atoms with van der Waals surface area (Å²) >= 11 is 0. The fourth-order valence-electron chi connectivity index (χ4n) is 2.52. The number of nitrogens with two attached hydrogens (primary N) is 2. The van der Waals surface area contributed by atoms with Gasteiger partial charge in [-0.15, -0.1) is 0 Å². The van der Waals surface area contributed by atoms with Crippen LogP contribution < -0.4 is 11.5 Å². The van der Waals surface area contributed by atoms with Crippen molar-refractivity contribution >= 4 is 5.78 Å². The van der Waals surface area contributed by atoms with Crippen LogP contribution in [-0.4, -0.2) is 31.6 Å².